The first kappa shape index (κ1) is 21.9. The van der Waals surface area contributed by atoms with Gasteiger partial charge in [0, 0.05) is 11.7 Å². The van der Waals surface area contributed by atoms with E-state index in [1.807, 2.05) is 26.0 Å². The second-order valence-corrected chi connectivity index (χ2v) is 8.46. The van der Waals surface area contributed by atoms with Crippen molar-refractivity contribution in [1.29, 1.82) is 0 Å². The van der Waals surface area contributed by atoms with Gasteiger partial charge in [-0.25, -0.2) is 0 Å². The monoisotopic (exact) mass is 442 g/mol. The fourth-order valence-corrected chi connectivity index (χ4v) is 4.31. The highest BCUT2D eigenvalue weighted by atomic mass is 32.2. The molecule has 8 heteroatoms. The van der Waals surface area contributed by atoms with Crippen molar-refractivity contribution in [2.45, 2.75) is 19.9 Å². The van der Waals surface area contributed by atoms with Crippen LogP contribution < -0.4 is 14.8 Å². The Labute approximate surface area is 185 Å². The van der Waals surface area contributed by atoms with E-state index in [4.69, 9.17) is 21.7 Å². The summed E-state index contributed by atoms with van der Waals surface area (Å²) in [5, 5.41) is 2.76. The van der Waals surface area contributed by atoms with Crippen LogP contribution >= 0.6 is 24.0 Å². The van der Waals surface area contributed by atoms with Gasteiger partial charge in [0.1, 0.15) is 15.8 Å². The zero-order valence-electron chi connectivity index (χ0n) is 16.9. The Morgan fingerprint density at radius 3 is 2.57 bits per heavy atom. The van der Waals surface area contributed by atoms with E-state index in [0.717, 1.165) is 5.56 Å². The maximum Gasteiger partial charge on any atom is 0.266 e. The molecule has 0 atom stereocenters. The Morgan fingerprint density at radius 1 is 1.20 bits per heavy atom. The zero-order chi connectivity index (χ0) is 21.7. The van der Waals surface area contributed by atoms with Crippen molar-refractivity contribution in [3.8, 4) is 11.5 Å². The largest absolute Gasteiger partial charge is 0.497 e. The van der Waals surface area contributed by atoms with Crippen molar-refractivity contribution >= 4 is 51.9 Å². The van der Waals surface area contributed by atoms with Crippen LogP contribution in [-0.4, -0.2) is 40.8 Å². The molecule has 3 rings (SSSR count). The highest BCUT2D eigenvalue weighted by Gasteiger charge is 2.33. The van der Waals surface area contributed by atoms with Crippen LogP contribution in [0.1, 0.15) is 19.4 Å². The van der Waals surface area contributed by atoms with Gasteiger partial charge in [-0.1, -0.05) is 36.1 Å². The number of carbonyl (C=O) groups excluding carboxylic acids is 2. The van der Waals surface area contributed by atoms with Gasteiger partial charge in [0.2, 0.25) is 0 Å². The minimum absolute atomic E-state index is 0.0160. The molecule has 2 aromatic carbocycles. The van der Waals surface area contributed by atoms with Gasteiger partial charge >= 0.3 is 0 Å². The predicted molar refractivity (Wildman–Crippen MR) is 124 cm³/mol. The first-order valence-corrected chi connectivity index (χ1v) is 10.5. The van der Waals surface area contributed by atoms with Crippen molar-refractivity contribution in [2.75, 3.05) is 19.0 Å². The average Bonchev–Trinajstić information content (AvgIpc) is 3.00. The van der Waals surface area contributed by atoms with E-state index < -0.39 is 0 Å². The van der Waals surface area contributed by atoms with E-state index in [-0.39, 0.29) is 24.5 Å². The molecular formula is C22H22N2O4S2. The number of thiocarbonyl (C=S) groups is 1. The average molecular weight is 443 g/mol. The summed E-state index contributed by atoms with van der Waals surface area (Å²) in [6.45, 7) is 3.73. The third kappa shape index (κ3) is 5.40. The van der Waals surface area contributed by atoms with E-state index >= 15 is 0 Å². The van der Waals surface area contributed by atoms with Gasteiger partial charge in [-0.3, -0.25) is 14.5 Å². The number of anilines is 1. The molecule has 0 saturated carbocycles. The van der Waals surface area contributed by atoms with Crippen LogP contribution in [0, 0.1) is 0 Å². The van der Waals surface area contributed by atoms with Gasteiger partial charge < -0.3 is 14.8 Å². The maximum atomic E-state index is 12.5. The molecule has 0 bridgehead atoms. The smallest absolute Gasteiger partial charge is 0.266 e. The highest BCUT2D eigenvalue weighted by Crippen LogP contribution is 2.34. The van der Waals surface area contributed by atoms with Gasteiger partial charge in [0.15, 0.2) is 6.61 Å². The standard InChI is InChI=1S/C22H22N2O4S2/c1-14(2)24-21(26)19(30-22(24)29)12-15-5-4-6-18(11-15)28-13-20(25)23-16-7-9-17(27-3)10-8-16/h4-12,14H,13H2,1-3H3,(H,23,25)/b19-12-. The van der Waals surface area contributed by atoms with Crippen LogP contribution in [0.4, 0.5) is 5.69 Å². The van der Waals surface area contributed by atoms with Crippen molar-refractivity contribution in [1.82, 2.24) is 4.90 Å². The number of nitrogens with zero attached hydrogens (tertiary/aromatic N) is 1. The molecule has 1 heterocycles. The van der Waals surface area contributed by atoms with Crippen LogP contribution in [0.5, 0.6) is 11.5 Å². The van der Waals surface area contributed by atoms with Crippen LogP contribution in [0.2, 0.25) is 0 Å². The number of ether oxygens (including phenoxy) is 2. The van der Waals surface area contributed by atoms with Crippen LogP contribution in [0.25, 0.3) is 6.08 Å². The summed E-state index contributed by atoms with van der Waals surface area (Å²) in [5.74, 6) is 0.882. The number of hydrogen-bond acceptors (Lipinski definition) is 6. The molecule has 0 aromatic heterocycles. The number of nitrogens with one attached hydrogen (secondary N) is 1. The van der Waals surface area contributed by atoms with Crippen LogP contribution in [-0.2, 0) is 9.59 Å². The summed E-state index contributed by atoms with van der Waals surface area (Å²) in [7, 11) is 1.58. The molecule has 2 amide bonds. The number of hydrogen-bond donors (Lipinski definition) is 1. The number of methoxy groups -OCH3 is 1. The maximum absolute atomic E-state index is 12.5. The van der Waals surface area contributed by atoms with E-state index in [1.165, 1.54) is 11.8 Å². The minimum Gasteiger partial charge on any atom is -0.497 e. The summed E-state index contributed by atoms with van der Waals surface area (Å²) in [4.78, 5) is 26.8. The van der Waals surface area contributed by atoms with E-state index in [1.54, 1.807) is 54.5 Å². The van der Waals surface area contributed by atoms with Gasteiger partial charge in [-0.05, 0) is 61.9 Å². The molecule has 1 aliphatic heterocycles. The van der Waals surface area contributed by atoms with E-state index in [2.05, 4.69) is 5.32 Å². The zero-order valence-corrected chi connectivity index (χ0v) is 18.5. The number of benzene rings is 2. The second kappa shape index (κ2) is 9.77. The highest BCUT2D eigenvalue weighted by molar-refractivity contribution is 8.26. The molecule has 1 N–H and O–H groups in total. The lowest BCUT2D eigenvalue weighted by atomic mass is 10.2. The molecule has 0 radical (unpaired) electrons. The lowest BCUT2D eigenvalue weighted by molar-refractivity contribution is -0.123. The van der Waals surface area contributed by atoms with Crippen molar-refractivity contribution < 1.29 is 19.1 Å². The first-order chi connectivity index (χ1) is 14.4. The summed E-state index contributed by atoms with van der Waals surface area (Å²) in [6.07, 6.45) is 1.78. The summed E-state index contributed by atoms with van der Waals surface area (Å²) in [5.41, 5.74) is 1.46. The molecule has 2 aromatic rings. The van der Waals surface area contributed by atoms with Crippen LogP contribution in [0.3, 0.4) is 0 Å². The predicted octanol–water partition coefficient (Wildman–Crippen LogP) is 4.32. The van der Waals surface area contributed by atoms with Crippen molar-refractivity contribution in [2.24, 2.45) is 0 Å². The lowest BCUT2D eigenvalue weighted by Crippen LogP contribution is -2.34. The fraction of sp³-hybridized carbons (Fsp3) is 0.227. The second-order valence-electron chi connectivity index (χ2n) is 6.78. The molecular weight excluding hydrogens is 420 g/mol. The molecule has 1 aliphatic rings. The Hall–Kier alpha value is -2.84. The summed E-state index contributed by atoms with van der Waals surface area (Å²) >= 11 is 6.59. The molecule has 0 unspecified atom stereocenters. The Kier molecular flexibility index (Phi) is 7.12. The van der Waals surface area contributed by atoms with Crippen LogP contribution in [0.15, 0.2) is 53.4 Å². The molecule has 156 valence electrons. The van der Waals surface area contributed by atoms with Crippen molar-refractivity contribution in [3.05, 3.63) is 59.0 Å². The number of carbonyl (C=O) groups is 2. The SMILES string of the molecule is COc1ccc(NC(=O)COc2cccc(/C=C3\SC(=S)N(C(C)C)C3=O)c2)cc1. The number of amides is 2. The molecule has 1 saturated heterocycles. The fourth-order valence-electron chi connectivity index (χ4n) is 2.79. The normalized spacial score (nSPS) is 15.1. The first-order valence-electron chi connectivity index (χ1n) is 9.31. The molecule has 6 nitrogen and oxygen atoms in total. The molecule has 0 aliphatic carbocycles. The summed E-state index contributed by atoms with van der Waals surface area (Å²) in [6, 6.07) is 14.3. The van der Waals surface area contributed by atoms with Gasteiger partial charge in [0.25, 0.3) is 11.8 Å². The van der Waals surface area contributed by atoms with Gasteiger partial charge in [-0.15, -0.1) is 0 Å². The Balaban J connectivity index is 1.61. The van der Waals surface area contributed by atoms with E-state index in [0.29, 0.717) is 26.4 Å². The topological polar surface area (TPSA) is 67.9 Å². The third-order valence-corrected chi connectivity index (χ3v) is 5.57. The lowest BCUT2D eigenvalue weighted by Gasteiger charge is -2.18. The minimum atomic E-state index is -0.275. The number of thioether (sulfide) groups is 1. The number of rotatable bonds is 7. The van der Waals surface area contributed by atoms with Gasteiger partial charge in [-0.2, -0.15) is 0 Å². The van der Waals surface area contributed by atoms with E-state index in [9.17, 15) is 9.59 Å². The Bertz CT molecular complexity index is 987. The molecule has 1 fully saturated rings. The molecule has 30 heavy (non-hydrogen) atoms. The Morgan fingerprint density at radius 2 is 1.93 bits per heavy atom. The summed E-state index contributed by atoms with van der Waals surface area (Å²) < 4.78 is 11.3. The van der Waals surface area contributed by atoms with Crippen molar-refractivity contribution in [3.63, 3.8) is 0 Å². The molecule has 0 spiro atoms. The quantitative estimate of drug-likeness (QED) is 0.509. The third-order valence-electron chi connectivity index (χ3n) is 4.24. The van der Waals surface area contributed by atoms with Gasteiger partial charge in [0.05, 0.1) is 12.0 Å².